The second-order valence-electron chi connectivity index (χ2n) is 6.39. The van der Waals surface area contributed by atoms with E-state index < -0.39 is 14.9 Å². The van der Waals surface area contributed by atoms with Gasteiger partial charge in [0.1, 0.15) is 0 Å². The number of nitro benzene ring substituents is 1. The van der Waals surface area contributed by atoms with E-state index in [1.165, 1.54) is 16.4 Å². The van der Waals surface area contributed by atoms with Gasteiger partial charge < -0.3 is 0 Å². The van der Waals surface area contributed by atoms with Gasteiger partial charge in [-0.1, -0.05) is 35.9 Å². The Bertz CT molecular complexity index is 907. The van der Waals surface area contributed by atoms with Crippen LogP contribution in [0.3, 0.4) is 0 Å². The highest BCUT2D eigenvalue weighted by Crippen LogP contribution is 2.37. The Kier molecular flexibility index (Phi) is 4.62. The molecule has 2 aromatic carbocycles. The Labute approximate surface area is 147 Å². The van der Waals surface area contributed by atoms with Gasteiger partial charge in [0.25, 0.3) is 5.69 Å². The molecular formula is C18H20N2O4S. The Morgan fingerprint density at radius 1 is 1.12 bits per heavy atom. The fourth-order valence-corrected chi connectivity index (χ4v) is 5.18. The second-order valence-corrected chi connectivity index (χ2v) is 8.25. The molecule has 0 spiro atoms. The quantitative estimate of drug-likeness (QED) is 0.614. The number of sulfonamides is 1. The Morgan fingerprint density at radius 3 is 2.44 bits per heavy atom. The summed E-state index contributed by atoms with van der Waals surface area (Å²) >= 11 is 0. The molecule has 1 saturated heterocycles. The number of non-ortho nitro benzene ring substituents is 1. The summed E-state index contributed by atoms with van der Waals surface area (Å²) in [5.74, 6) is 0. The van der Waals surface area contributed by atoms with Gasteiger partial charge in [0, 0.05) is 18.7 Å². The first kappa shape index (κ1) is 17.6. The molecule has 25 heavy (non-hydrogen) atoms. The van der Waals surface area contributed by atoms with E-state index >= 15 is 0 Å². The van der Waals surface area contributed by atoms with Crippen molar-refractivity contribution in [2.45, 2.75) is 37.6 Å². The average Bonchev–Trinajstić information content (AvgIpc) is 3.06. The van der Waals surface area contributed by atoms with Crippen molar-refractivity contribution >= 4 is 15.7 Å². The zero-order valence-electron chi connectivity index (χ0n) is 14.2. The van der Waals surface area contributed by atoms with E-state index in [1.807, 2.05) is 31.2 Å². The van der Waals surface area contributed by atoms with Gasteiger partial charge in [-0.05, 0) is 37.8 Å². The molecule has 0 N–H and O–H groups in total. The number of aryl methyl sites for hydroxylation is 2. The Balaban J connectivity index is 2.03. The molecule has 2 aromatic rings. The Hall–Kier alpha value is -2.25. The maximum absolute atomic E-state index is 13.2. The molecule has 0 amide bonds. The highest BCUT2D eigenvalue weighted by molar-refractivity contribution is 7.89. The number of hydrogen-bond acceptors (Lipinski definition) is 4. The molecule has 0 radical (unpaired) electrons. The molecular weight excluding hydrogens is 340 g/mol. The van der Waals surface area contributed by atoms with E-state index in [4.69, 9.17) is 0 Å². The van der Waals surface area contributed by atoms with Gasteiger partial charge in [-0.25, -0.2) is 8.42 Å². The van der Waals surface area contributed by atoms with Crippen molar-refractivity contribution in [3.05, 3.63) is 69.3 Å². The molecule has 0 bridgehead atoms. The minimum Gasteiger partial charge on any atom is -0.258 e. The van der Waals surface area contributed by atoms with E-state index in [0.29, 0.717) is 12.1 Å². The molecule has 1 heterocycles. The number of nitro groups is 1. The zero-order chi connectivity index (χ0) is 18.2. The van der Waals surface area contributed by atoms with Crippen molar-refractivity contribution in [3.63, 3.8) is 0 Å². The number of hydrogen-bond donors (Lipinski definition) is 0. The number of benzene rings is 2. The monoisotopic (exact) mass is 360 g/mol. The topological polar surface area (TPSA) is 80.5 Å². The van der Waals surface area contributed by atoms with Crippen LogP contribution in [0.25, 0.3) is 0 Å². The highest BCUT2D eigenvalue weighted by atomic mass is 32.2. The summed E-state index contributed by atoms with van der Waals surface area (Å²) in [6.07, 6.45) is 1.52. The molecule has 0 aliphatic carbocycles. The summed E-state index contributed by atoms with van der Waals surface area (Å²) in [6, 6.07) is 11.6. The van der Waals surface area contributed by atoms with Crippen molar-refractivity contribution in [3.8, 4) is 0 Å². The SMILES string of the molecule is Cc1ccc(C2CCCN2S(=O)(=O)c2cc([N+](=O)[O-])ccc2C)cc1. The number of nitrogens with zero attached hydrogens (tertiary/aromatic N) is 2. The standard InChI is InChI=1S/C18H20N2O4S/c1-13-5-8-15(9-6-13)17-4-3-11-19(17)25(23,24)18-12-16(20(21)22)10-7-14(18)2/h5-10,12,17H,3-4,11H2,1-2H3. The second kappa shape index (κ2) is 6.57. The lowest BCUT2D eigenvalue weighted by Gasteiger charge is -2.25. The van der Waals surface area contributed by atoms with Crippen LogP contribution in [-0.4, -0.2) is 24.2 Å². The third kappa shape index (κ3) is 3.29. The molecule has 7 heteroatoms. The van der Waals surface area contributed by atoms with E-state index in [2.05, 4.69) is 0 Å². The normalized spacial score (nSPS) is 18.4. The summed E-state index contributed by atoms with van der Waals surface area (Å²) in [6.45, 7) is 4.07. The van der Waals surface area contributed by atoms with Crippen LogP contribution in [0.4, 0.5) is 5.69 Å². The van der Waals surface area contributed by atoms with Gasteiger partial charge in [0.15, 0.2) is 0 Å². The molecule has 0 aromatic heterocycles. The molecule has 1 unspecified atom stereocenters. The van der Waals surface area contributed by atoms with Gasteiger partial charge in [0.05, 0.1) is 15.9 Å². The van der Waals surface area contributed by atoms with Crippen LogP contribution >= 0.6 is 0 Å². The smallest absolute Gasteiger partial charge is 0.258 e. The van der Waals surface area contributed by atoms with Crippen LogP contribution in [0.1, 0.15) is 35.6 Å². The Morgan fingerprint density at radius 2 is 1.80 bits per heavy atom. The third-order valence-electron chi connectivity index (χ3n) is 4.63. The summed E-state index contributed by atoms with van der Waals surface area (Å²) in [5, 5.41) is 11.0. The van der Waals surface area contributed by atoms with Crippen LogP contribution in [0.5, 0.6) is 0 Å². The minimum absolute atomic E-state index is 0.0145. The maximum atomic E-state index is 13.2. The lowest BCUT2D eigenvalue weighted by Crippen LogP contribution is -2.31. The molecule has 6 nitrogen and oxygen atoms in total. The van der Waals surface area contributed by atoms with Crippen LogP contribution in [-0.2, 0) is 10.0 Å². The van der Waals surface area contributed by atoms with E-state index in [-0.39, 0.29) is 16.6 Å². The summed E-state index contributed by atoms with van der Waals surface area (Å²) in [4.78, 5) is 10.5. The molecule has 0 saturated carbocycles. The average molecular weight is 360 g/mol. The lowest BCUT2D eigenvalue weighted by molar-refractivity contribution is -0.385. The molecule has 1 aliphatic rings. The lowest BCUT2D eigenvalue weighted by atomic mass is 10.0. The first-order valence-electron chi connectivity index (χ1n) is 8.14. The predicted octanol–water partition coefficient (Wildman–Crippen LogP) is 3.74. The first-order valence-corrected chi connectivity index (χ1v) is 9.58. The molecule has 1 atom stereocenters. The predicted molar refractivity (Wildman–Crippen MR) is 94.9 cm³/mol. The highest BCUT2D eigenvalue weighted by Gasteiger charge is 2.37. The van der Waals surface area contributed by atoms with Crippen molar-refractivity contribution in [2.75, 3.05) is 6.54 Å². The van der Waals surface area contributed by atoms with E-state index in [1.54, 1.807) is 6.92 Å². The van der Waals surface area contributed by atoms with E-state index in [0.717, 1.165) is 30.0 Å². The van der Waals surface area contributed by atoms with Gasteiger partial charge in [-0.3, -0.25) is 10.1 Å². The number of rotatable bonds is 4. The van der Waals surface area contributed by atoms with Gasteiger partial charge in [-0.2, -0.15) is 4.31 Å². The summed E-state index contributed by atoms with van der Waals surface area (Å²) in [5.41, 5.74) is 2.37. The molecule has 3 rings (SSSR count). The molecule has 1 fully saturated rings. The third-order valence-corrected chi connectivity index (χ3v) is 6.69. The van der Waals surface area contributed by atoms with Crippen molar-refractivity contribution in [1.29, 1.82) is 0 Å². The maximum Gasteiger partial charge on any atom is 0.270 e. The van der Waals surface area contributed by atoms with Gasteiger partial charge in [0.2, 0.25) is 10.0 Å². The van der Waals surface area contributed by atoms with Crippen LogP contribution < -0.4 is 0 Å². The molecule has 132 valence electrons. The van der Waals surface area contributed by atoms with Crippen molar-refractivity contribution in [1.82, 2.24) is 4.31 Å². The zero-order valence-corrected chi connectivity index (χ0v) is 15.0. The summed E-state index contributed by atoms with van der Waals surface area (Å²) < 4.78 is 27.8. The van der Waals surface area contributed by atoms with Gasteiger partial charge >= 0.3 is 0 Å². The fourth-order valence-electron chi connectivity index (χ4n) is 3.26. The van der Waals surface area contributed by atoms with Crippen LogP contribution in [0.2, 0.25) is 0 Å². The summed E-state index contributed by atoms with van der Waals surface area (Å²) in [7, 11) is -3.80. The van der Waals surface area contributed by atoms with Crippen LogP contribution in [0, 0.1) is 24.0 Å². The van der Waals surface area contributed by atoms with Crippen molar-refractivity contribution in [2.24, 2.45) is 0 Å². The van der Waals surface area contributed by atoms with Gasteiger partial charge in [-0.15, -0.1) is 0 Å². The molecule has 1 aliphatic heterocycles. The fraction of sp³-hybridized carbons (Fsp3) is 0.333. The largest absolute Gasteiger partial charge is 0.270 e. The van der Waals surface area contributed by atoms with Crippen LogP contribution in [0.15, 0.2) is 47.4 Å². The van der Waals surface area contributed by atoms with E-state index in [9.17, 15) is 18.5 Å². The van der Waals surface area contributed by atoms with Crippen molar-refractivity contribution < 1.29 is 13.3 Å². The first-order chi connectivity index (χ1) is 11.8. The minimum atomic E-state index is -3.80.